The van der Waals surface area contributed by atoms with Gasteiger partial charge in [0, 0.05) is 12.6 Å². The Morgan fingerprint density at radius 2 is 2.10 bits per heavy atom. The molecule has 1 atom stereocenters. The predicted molar refractivity (Wildman–Crippen MR) is 80.9 cm³/mol. The molecule has 0 heterocycles. The van der Waals surface area contributed by atoms with Crippen molar-refractivity contribution in [3.8, 4) is 5.75 Å². The first-order valence-electron chi connectivity index (χ1n) is 6.35. The number of ether oxygens (including phenoxy) is 1. The first-order valence-corrected chi connectivity index (χ1v) is 7.83. The van der Waals surface area contributed by atoms with E-state index in [0.717, 1.165) is 12.8 Å². The van der Waals surface area contributed by atoms with Gasteiger partial charge in [0.1, 0.15) is 5.75 Å². The molecule has 2 rings (SSSR count). The van der Waals surface area contributed by atoms with Crippen LogP contribution in [0.25, 0.3) is 0 Å². The molecule has 0 spiro atoms. The quantitative estimate of drug-likeness (QED) is 0.831. The minimum Gasteiger partial charge on any atom is -0.497 e. The fourth-order valence-corrected chi connectivity index (χ4v) is 3.69. The second kappa shape index (κ2) is 6.76. The molecule has 5 nitrogen and oxygen atoms in total. The van der Waals surface area contributed by atoms with Gasteiger partial charge in [-0.15, -0.1) is 12.4 Å². The Hall–Kier alpha value is -0.820. The lowest BCUT2D eigenvalue weighted by Crippen LogP contribution is -2.41. The van der Waals surface area contributed by atoms with E-state index in [2.05, 4.69) is 4.72 Å². The van der Waals surface area contributed by atoms with Crippen molar-refractivity contribution in [2.75, 3.05) is 13.7 Å². The Kier molecular flexibility index (Phi) is 5.82. The summed E-state index contributed by atoms with van der Waals surface area (Å²) < 4.78 is 32.5. The summed E-state index contributed by atoms with van der Waals surface area (Å²) in [6.45, 7) is 2.09. The van der Waals surface area contributed by atoms with E-state index in [1.54, 1.807) is 32.2 Å². The minimum atomic E-state index is -3.52. The van der Waals surface area contributed by atoms with E-state index in [1.807, 2.05) is 0 Å². The first-order chi connectivity index (χ1) is 8.97. The fraction of sp³-hybridized carbons (Fsp3) is 0.538. The highest BCUT2D eigenvalue weighted by Gasteiger charge is 2.33. The lowest BCUT2D eigenvalue weighted by atomic mass is 10.2. The molecular formula is C13H21ClN2O3S. The van der Waals surface area contributed by atoms with Crippen molar-refractivity contribution in [1.29, 1.82) is 0 Å². The second-order valence-corrected chi connectivity index (χ2v) is 6.61. The molecule has 0 amide bonds. The highest BCUT2D eigenvalue weighted by atomic mass is 35.5. The molecule has 114 valence electrons. The molecule has 0 aromatic heterocycles. The topological polar surface area (TPSA) is 81.4 Å². The number of hydrogen-bond donors (Lipinski definition) is 2. The number of halogens is 1. The van der Waals surface area contributed by atoms with Crippen LogP contribution in [0.5, 0.6) is 5.75 Å². The SMILES string of the molecule is COc1ccc(S(=O)(=O)NC(CN)C2CC2)c(C)c1.Cl. The largest absolute Gasteiger partial charge is 0.497 e. The summed E-state index contributed by atoms with van der Waals surface area (Å²) in [4.78, 5) is 0.285. The second-order valence-electron chi connectivity index (χ2n) is 4.93. The van der Waals surface area contributed by atoms with Crippen molar-refractivity contribution in [1.82, 2.24) is 4.72 Å². The van der Waals surface area contributed by atoms with Crippen molar-refractivity contribution >= 4 is 22.4 Å². The molecule has 0 aliphatic heterocycles. The standard InChI is InChI=1S/C13H20N2O3S.ClH/c1-9-7-11(18-2)5-6-13(9)19(16,17)15-12(8-14)10-3-4-10;/h5-7,10,12,15H,3-4,8,14H2,1-2H3;1H. The van der Waals surface area contributed by atoms with Crippen LogP contribution in [-0.4, -0.2) is 28.1 Å². The van der Waals surface area contributed by atoms with E-state index in [-0.39, 0.29) is 23.3 Å². The Labute approximate surface area is 126 Å². The number of nitrogens with two attached hydrogens (primary N) is 1. The molecule has 7 heteroatoms. The molecule has 1 aromatic carbocycles. The summed E-state index contributed by atoms with van der Waals surface area (Å²) in [7, 11) is -1.96. The molecule has 0 saturated heterocycles. The maximum atomic E-state index is 12.3. The third kappa shape index (κ3) is 3.85. The Balaban J connectivity index is 0.00000200. The monoisotopic (exact) mass is 320 g/mol. The van der Waals surface area contributed by atoms with E-state index >= 15 is 0 Å². The molecule has 20 heavy (non-hydrogen) atoms. The number of hydrogen-bond acceptors (Lipinski definition) is 4. The Morgan fingerprint density at radius 1 is 1.45 bits per heavy atom. The van der Waals surface area contributed by atoms with Crippen LogP contribution >= 0.6 is 12.4 Å². The van der Waals surface area contributed by atoms with Gasteiger partial charge in [-0.05, 0) is 49.4 Å². The Morgan fingerprint density at radius 3 is 2.55 bits per heavy atom. The van der Waals surface area contributed by atoms with Gasteiger partial charge in [0.2, 0.25) is 10.0 Å². The van der Waals surface area contributed by atoms with Crippen LogP contribution in [-0.2, 0) is 10.0 Å². The number of methoxy groups -OCH3 is 1. The van der Waals surface area contributed by atoms with Crippen LogP contribution in [0.3, 0.4) is 0 Å². The summed E-state index contributed by atoms with van der Waals surface area (Å²) >= 11 is 0. The predicted octanol–water partition coefficient (Wildman–Crippen LogP) is 1.44. The summed E-state index contributed by atoms with van der Waals surface area (Å²) in [5, 5.41) is 0. The highest BCUT2D eigenvalue weighted by molar-refractivity contribution is 7.89. The van der Waals surface area contributed by atoms with Crippen molar-refractivity contribution in [3.05, 3.63) is 23.8 Å². The van der Waals surface area contributed by atoms with Gasteiger partial charge in [-0.25, -0.2) is 13.1 Å². The maximum absolute atomic E-state index is 12.3. The van der Waals surface area contributed by atoms with Gasteiger partial charge in [0.25, 0.3) is 0 Å². The van der Waals surface area contributed by atoms with Crippen molar-refractivity contribution < 1.29 is 13.2 Å². The molecule has 1 aromatic rings. The van der Waals surface area contributed by atoms with Gasteiger partial charge in [-0.1, -0.05) is 0 Å². The summed E-state index contributed by atoms with van der Waals surface area (Å²) in [6, 6.07) is 4.77. The number of nitrogens with one attached hydrogen (secondary N) is 1. The van der Waals surface area contributed by atoms with Gasteiger partial charge < -0.3 is 10.5 Å². The van der Waals surface area contributed by atoms with Crippen LogP contribution in [0, 0.1) is 12.8 Å². The number of sulfonamides is 1. The van der Waals surface area contributed by atoms with Gasteiger partial charge in [-0.3, -0.25) is 0 Å². The van der Waals surface area contributed by atoms with Gasteiger partial charge in [0.05, 0.1) is 12.0 Å². The van der Waals surface area contributed by atoms with Crippen LogP contribution in [0.15, 0.2) is 23.1 Å². The number of benzene rings is 1. The van der Waals surface area contributed by atoms with Gasteiger partial charge >= 0.3 is 0 Å². The third-order valence-electron chi connectivity index (χ3n) is 3.42. The maximum Gasteiger partial charge on any atom is 0.241 e. The molecule has 1 aliphatic rings. The van der Waals surface area contributed by atoms with Crippen molar-refractivity contribution in [3.63, 3.8) is 0 Å². The lowest BCUT2D eigenvalue weighted by molar-refractivity contribution is 0.414. The van der Waals surface area contributed by atoms with E-state index < -0.39 is 10.0 Å². The zero-order valence-electron chi connectivity index (χ0n) is 11.6. The molecule has 3 N–H and O–H groups in total. The Bertz CT molecular complexity index is 559. The number of rotatable bonds is 6. The fourth-order valence-electron chi connectivity index (χ4n) is 2.15. The first kappa shape index (κ1) is 17.2. The van der Waals surface area contributed by atoms with Crippen LogP contribution < -0.4 is 15.2 Å². The molecule has 1 fully saturated rings. The highest BCUT2D eigenvalue weighted by Crippen LogP contribution is 2.33. The van der Waals surface area contributed by atoms with E-state index in [9.17, 15) is 8.42 Å². The zero-order chi connectivity index (χ0) is 14.0. The minimum absolute atomic E-state index is 0. The summed E-state index contributed by atoms with van der Waals surface area (Å²) in [6.07, 6.45) is 2.10. The molecule has 1 aliphatic carbocycles. The lowest BCUT2D eigenvalue weighted by Gasteiger charge is -2.17. The van der Waals surface area contributed by atoms with E-state index in [1.165, 1.54) is 0 Å². The van der Waals surface area contributed by atoms with Crippen molar-refractivity contribution in [2.24, 2.45) is 11.7 Å². The van der Waals surface area contributed by atoms with E-state index in [4.69, 9.17) is 10.5 Å². The number of aryl methyl sites for hydroxylation is 1. The average molecular weight is 321 g/mol. The normalized spacial score (nSPS) is 16.4. The molecule has 1 unspecified atom stereocenters. The molecule has 0 bridgehead atoms. The summed E-state index contributed by atoms with van der Waals surface area (Å²) in [5.74, 6) is 1.03. The molecule has 1 saturated carbocycles. The average Bonchev–Trinajstić information content (AvgIpc) is 3.19. The smallest absolute Gasteiger partial charge is 0.241 e. The molecule has 0 radical (unpaired) electrons. The van der Waals surface area contributed by atoms with Crippen LogP contribution in [0.2, 0.25) is 0 Å². The van der Waals surface area contributed by atoms with Gasteiger partial charge in [0.15, 0.2) is 0 Å². The van der Waals surface area contributed by atoms with Crippen LogP contribution in [0.1, 0.15) is 18.4 Å². The molecular weight excluding hydrogens is 300 g/mol. The van der Waals surface area contributed by atoms with E-state index in [0.29, 0.717) is 23.8 Å². The van der Waals surface area contributed by atoms with Gasteiger partial charge in [-0.2, -0.15) is 0 Å². The zero-order valence-corrected chi connectivity index (χ0v) is 13.3. The summed E-state index contributed by atoms with van der Waals surface area (Å²) in [5.41, 5.74) is 6.30. The van der Waals surface area contributed by atoms with Crippen molar-refractivity contribution in [2.45, 2.75) is 30.7 Å². The third-order valence-corrected chi connectivity index (χ3v) is 5.07. The van der Waals surface area contributed by atoms with Crippen LogP contribution in [0.4, 0.5) is 0 Å².